The minimum Gasteiger partial charge on any atom is -0.394 e. The summed E-state index contributed by atoms with van der Waals surface area (Å²) in [5.74, 6) is -1.15. The Kier molecular flexibility index (Phi) is 24.5. The highest BCUT2D eigenvalue weighted by atomic mass is 32.2. The van der Waals surface area contributed by atoms with Crippen molar-refractivity contribution in [3.63, 3.8) is 0 Å². The van der Waals surface area contributed by atoms with Crippen molar-refractivity contribution in [2.45, 2.75) is 140 Å². The number of rotatable bonds is 30. The molecule has 1 aromatic rings. The van der Waals surface area contributed by atoms with Gasteiger partial charge in [-0.05, 0) is 77.1 Å². The Hall–Kier alpha value is -2.68. The van der Waals surface area contributed by atoms with Crippen LogP contribution >= 0.6 is 0 Å². The number of carbonyl (C=O) groups is 3. The standard InChI is InChI=1S/C34H63N7O6S/c1-28(18-14-15-21-35)40-33(45)30(27-42)41-32(44)26-37-31(43)20-13-8-6-4-3-5-7-10-16-22-36-23-17-11-9-12-19-29-24-38-34(39-25-29)48(2,46)47/h24-25,28,30,36,42H,3-23,26-27,35H2,1-2H3,(H,37,43)(H,40,45)(H,41,44)/t28-,30+/m0/s1. The lowest BCUT2D eigenvalue weighted by molar-refractivity contribution is -0.130. The van der Waals surface area contributed by atoms with Crippen LogP contribution in [0.2, 0.25) is 0 Å². The van der Waals surface area contributed by atoms with Crippen LogP contribution < -0.4 is 27.0 Å². The molecule has 1 heterocycles. The first kappa shape index (κ1) is 43.3. The van der Waals surface area contributed by atoms with E-state index < -0.39 is 34.3 Å². The van der Waals surface area contributed by atoms with Crippen LogP contribution in [0.15, 0.2) is 17.6 Å². The molecule has 0 spiro atoms. The number of unbranched alkanes of at least 4 members (excludes halogenated alkanes) is 12. The van der Waals surface area contributed by atoms with Crippen molar-refractivity contribution in [3.8, 4) is 0 Å². The number of amides is 3. The van der Waals surface area contributed by atoms with Gasteiger partial charge in [-0.25, -0.2) is 18.4 Å². The van der Waals surface area contributed by atoms with Gasteiger partial charge in [-0.1, -0.05) is 64.2 Å². The first-order valence-electron chi connectivity index (χ1n) is 18.0. The number of nitrogens with two attached hydrogens (primary N) is 1. The van der Waals surface area contributed by atoms with E-state index in [4.69, 9.17) is 5.73 Å². The van der Waals surface area contributed by atoms with E-state index in [9.17, 15) is 27.9 Å². The van der Waals surface area contributed by atoms with Crippen molar-refractivity contribution in [1.29, 1.82) is 0 Å². The summed E-state index contributed by atoms with van der Waals surface area (Å²) < 4.78 is 22.8. The van der Waals surface area contributed by atoms with Gasteiger partial charge in [-0.2, -0.15) is 0 Å². The van der Waals surface area contributed by atoms with E-state index in [2.05, 4.69) is 31.2 Å². The summed E-state index contributed by atoms with van der Waals surface area (Å²) in [5.41, 5.74) is 6.46. The normalized spacial score (nSPS) is 12.8. The molecule has 0 aliphatic rings. The molecular formula is C34H63N7O6S. The Morgan fingerprint density at radius 1 is 0.792 bits per heavy atom. The van der Waals surface area contributed by atoms with E-state index in [1.54, 1.807) is 12.4 Å². The molecule has 2 atom stereocenters. The molecule has 0 aromatic carbocycles. The SMILES string of the molecule is C[C@@H](CCCCN)NC(=O)[C@@H](CO)NC(=O)CNC(=O)CCCCCCCCCCCNCCCCCCc1cnc(S(C)(=O)=O)nc1. The first-order chi connectivity index (χ1) is 23.1. The topological polar surface area (TPSA) is 205 Å². The maximum Gasteiger partial charge on any atom is 0.246 e. The molecule has 0 radical (unpaired) electrons. The Bertz CT molecular complexity index is 1120. The first-order valence-corrected chi connectivity index (χ1v) is 19.8. The maximum atomic E-state index is 12.3. The Morgan fingerprint density at radius 3 is 1.92 bits per heavy atom. The number of aromatic nitrogens is 2. The van der Waals surface area contributed by atoms with Gasteiger partial charge in [-0.15, -0.1) is 0 Å². The van der Waals surface area contributed by atoms with Crippen molar-refractivity contribution in [1.82, 2.24) is 31.2 Å². The average Bonchev–Trinajstić information content (AvgIpc) is 3.05. The summed E-state index contributed by atoms with van der Waals surface area (Å²) in [4.78, 5) is 44.4. The number of carbonyl (C=O) groups excluding carboxylic acids is 3. The van der Waals surface area contributed by atoms with E-state index in [0.29, 0.717) is 13.0 Å². The lowest BCUT2D eigenvalue weighted by atomic mass is 10.1. The molecule has 14 heteroatoms. The molecule has 0 aliphatic heterocycles. The van der Waals surface area contributed by atoms with E-state index in [1.165, 1.54) is 38.5 Å². The molecule has 0 unspecified atom stereocenters. The number of nitrogens with zero attached hydrogens (tertiary/aromatic N) is 2. The molecule has 0 bridgehead atoms. The quantitative estimate of drug-likeness (QED) is 0.0512. The zero-order valence-electron chi connectivity index (χ0n) is 29.4. The highest BCUT2D eigenvalue weighted by Crippen LogP contribution is 2.11. The second kappa shape index (κ2) is 27.2. The maximum absolute atomic E-state index is 12.3. The molecule has 48 heavy (non-hydrogen) atoms. The van der Waals surface area contributed by atoms with Crippen molar-refractivity contribution < 1.29 is 27.9 Å². The van der Waals surface area contributed by atoms with Crippen LogP contribution in [-0.2, 0) is 30.6 Å². The smallest absolute Gasteiger partial charge is 0.246 e. The molecule has 0 aliphatic carbocycles. The Morgan fingerprint density at radius 2 is 1.35 bits per heavy atom. The minimum atomic E-state index is -3.35. The number of aliphatic hydroxyl groups is 1. The highest BCUT2D eigenvalue weighted by molar-refractivity contribution is 7.90. The van der Waals surface area contributed by atoms with E-state index in [1.807, 2.05) is 6.92 Å². The van der Waals surface area contributed by atoms with Gasteiger partial charge < -0.3 is 32.1 Å². The van der Waals surface area contributed by atoms with Crippen LogP contribution in [0, 0.1) is 0 Å². The van der Waals surface area contributed by atoms with Gasteiger partial charge >= 0.3 is 0 Å². The van der Waals surface area contributed by atoms with E-state index in [-0.39, 0.29) is 23.7 Å². The zero-order chi connectivity index (χ0) is 35.5. The monoisotopic (exact) mass is 697 g/mol. The van der Waals surface area contributed by atoms with Crippen LogP contribution in [0.3, 0.4) is 0 Å². The number of sulfone groups is 1. The number of hydrogen-bond donors (Lipinski definition) is 6. The fraction of sp³-hybridized carbons (Fsp3) is 0.794. The van der Waals surface area contributed by atoms with Crippen molar-refractivity contribution in [2.24, 2.45) is 5.73 Å². The van der Waals surface area contributed by atoms with Gasteiger partial charge in [-0.3, -0.25) is 14.4 Å². The summed E-state index contributed by atoms with van der Waals surface area (Å²) in [5, 5.41) is 20.8. The van der Waals surface area contributed by atoms with Gasteiger partial charge in [0.05, 0.1) is 13.2 Å². The lowest BCUT2D eigenvalue weighted by Gasteiger charge is -2.20. The number of hydrogen-bond acceptors (Lipinski definition) is 10. The Balaban J connectivity index is 1.90. The van der Waals surface area contributed by atoms with Crippen LogP contribution in [-0.4, -0.2) is 92.3 Å². The predicted molar refractivity (Wildman–Crippen MR) is 189 cm³/mol. The fourth-order valence-electron chi connectivity index (χ4n) is 5.21. The molecule has 13 nitrogen and oxygen atoms in total. The largest absolute Gasteiger partial charge is 0.394 e. The van der Waals surface area contributed by atoms with Crippen LogP contribution in [0.5, 0.6) is 0 Å². The van der Waals surface area contributed by atoms with E-state index >= 15 is 0 Å². The zero-order valence-corrected chi connectivity index (χ0v) is 30.3. The molecule has 7 N–H and O–H groups in total. The second-order valence-corrected chi connectivity index (χ2v) is 14.7. The predicted octanol–water partition coefficient (Wildman–Crippen LogP) is 2.70. The third kappa shape index (κ3) is 22.8. The third-order valence-corrected chi connectivity index (χ3v) is 8.97. The van der Waals surface area contributed by atoms with Gasteiger partial charge in [0.25, 0.3) is 0 Å². The van der Waals surface area contributed by atoms with Gasteiger partial charge in [0.1, 0.15) is 6.04 Å². The van der Waals surface area contributed by atoms with Crippen molar-refractivity contribution in [2.75, 3.05) is 39.0 Å². The van der Waals surface area contributed by atoms with Crippen molar-refractivity contribution >= 4 is 27.6 Å². The molecule has 1 aromatic heterocycles. The van der Waals surface area contributed by atoms with E-state index in [0.717, 1.165) is 95.5 Å². The summed E-state index contributed by atoms with van der Waals surface area (Å²) in [7, 11) is -3.35. The molecule has 0 saturated heterocycles. The van der Waals surface area contributed by atoms with Crippen molar-refractivity contribution in [3.05, 3.63) is 18.0 Å². The van der Waals surface area contributed by atoms with Crippen LogP contribution in [0.1, 0.15) is 122 Å². The van der Waals surface area contributed by atoms with Crippen LogP contribution in [0.25, 0.3) is 0 Å². The summed E-state index contributed by atoms with van der Waals surface area (Å²) in [6, 6.07) is -1.14. The van der Waals surface area contributed by atoms with Crippen LogP contribution in [0.4, 0.5) is 0 Å². The summed E-state index contributed by atoms with van der Waals surface area (Å²) in [6.45, 7) is 3.82. The molecular weight excluding hydrogens is 634 g/mol. The molecule has 0 fully saturated rings. The Labute approximate surface area is 288 Å². The number of nitrogens with one attached hydrogen (secondary N) is 4. The van der Waals surface area contributed by atoms with Gasteiger partial charge in [0.2, 0.25) is 32.7 Å². The second-order valence-electron chi connectivity index (χ2n) is 12.8. The molecule has 0 saturated carbocycles. The average molecular weight is 698 g/mol. The van der Waals surface area contributed by atoms with Gasteiger partial charge in [0, 0.05) is 31.1 Å². The summed E-state index contributed by atoms with van der Waals surface area (Å²) in [6.07, 6.45) is 22.7. The number of aryl methyl sites for hydroxylation is 1. The number of aliphatic hydroxyl groups excluding tert-OH is 1. The summed E-state index contributed by atoms with van der Waals surface area (Å²) >= 11 is 0. The molecule has 3 amide bonds. The van der Waals surface area contributed by atoms with Gasteiger partial charge in [0.15, 0.2) is 0 Å². The molecule has 1 rings (SSSR count). The lowest BCUT2D eigenvalue weighted by Crippen LogP contribution is -2.52. The minimum absolute atomic E-state index is 0.0882. The fourth-order valence-corrected chi connectivity index (χ4v) is 5.70. The third-order valence-electron chi connectivity index (χ3n) is 8.10. The highest BCUT2D eigenvalue weighted by Gasteiger charge is 2.21. The molecule has 276 valence electrons.